The number of nitrogens with one attached hydrogen (secondary N) is 1. The second-order valence-corrected chi connectivity index (χ2v) is 6.23. The number of rotatable bonds is 2. The largest absolute Gasteiger partial charge is 0.366 e. The molecule has 18 heavy (non-hydrogen) atoms. The van der Waals surface area contributed by atoms with Gasteiger partial charge in [-0.2, -0.15) is 0 Å². The lowest BCUT2D eigenvalue weighted by molar-refractivity contribution is 0.301. The van der Waals surface area contributed by atoms with Gasteiger partial charge in [0.15, 0.2) is 0 Å². The number of piperidine rings is 1. The summed E-state index contributed by atoms with van der Waals surface area (Å²) in [7, 11) is 2.06. The molecule has 2 nitrogen and oxygen atoms in total. The van der Waals surface area contributed by atoms with Crippen molar-refractivity contribution in [1.29, 1.82) is 0 Å². The van der Waals surface area contributed by atoms with Gasteiger partial charge in [-0.3, -0.25) is 0 Å². The Morgan fingerprint density at radius 2 is 2.11 bits per heavy atom. The van der Waals surface area contributed by atoms with Crippen molar-refractivity contribution in [3.05, 3.63) is 28.8 Å². The smallest absolute Gasteiger partial charge is 0.0455 e. The highest BCUT2D eigenvalue weighted by atomic mass is 35.5. The molecule has 0 aliphatic carbocycles. The van der Waals surface area contributed by atoms with E-state index in [0.717, 1.165) is 18.0 Å². The molecule has 0 amide bonds. The number of benzene rings is 1. The summed E-state index contributed by atoms with van der Waals surface area (Å²) in [4.78, 5) is 2.50. The molecule has 0 saturated carbocycles. The van der Waals surface area contributed by atoms with Crippen LogP contribution < -0.4 is 10.2 Å². The molecule has 1 aromatic carbocycles. The minimum atomic E-state index is 0.168. The molecular formula is C15H23ClN2. The van der Waals surface area contributed by atoms with E-state index in [1.54, 1.807) is 0 Å². The van der Waals surface area contributed by atoms with Crippen LogP contribution in [0.1, 0.15) is 32.3 Å². The summed E-state index contributed by atoms with van der Waals surface area (Å²) in [5.74, 6) is 0. The third-order valence-electron chi connectivity index (χ3n) is 4.12. The van der Waals surface area contributed by atoms with Crippen LogP contribution in [0.3, 0.4) is 0 Å². The van der Waals surface area contributed by atoms with Crippen LogP contribution >= 0.6 is 11.6 Å². The molecule has 0 aromatic heterocycles. The second-order valence-electron chi connectivity index (χ2n) is 5.83. The van der Waals surface area contributed by atoms with Crippen LogP contribution in [0.2, 0.25) is 5.02 Å². The van der Waals surface area contributed by atoms with Crippen molar-refractivity contribution >= 4 is 17.3 Å². The maximum absolute atomic E-state index is 6.24. The molecule has 0 bridgehead atoms. The highest BCUT2D eigenvalue weighted by molar-refractivity contribution is 6.31. The molecule has 1 aliphatic heterocycles. The van der Waals surface area contributed by atoms with Gasteiger partial charge in [-0.1, -0.05) is 17.7 Å². The van der Waals surface area contributed by atoms with E-state index in [0.29, 0.717) is 6.04 Å². The Kier molecular flexibility index (Phi) is 3.88. The number of nitrogens with zero attached hydrogens (tertiary/aromatic N) is 1. The highest BCUT2D eigenvalue weighted by Crippen LogP contribution is 2.36. The molecule has 2 rings (SSSR count). The van der Waals surface area contributed by atoms with Crippen LogP contribution in [-0.4, -0.2) is 25.2 Å². The van der Waals surface area contributed by atoms with Crippen molar-refractivity contribution in [2.45, 2.75) is 45.2 Å². The summed E-state index contributed by atoms with van der Waals surface area (Å²) in [5.41, 5.74) is 2.64. The van der Waals surface area contributed by atoms with Gasteiger partial charge in [-0.25, -0.2) is 0 Å². The first-order valence-corrected chi connectivity index (χ1v) is 7.03. The molecule has 0 spiro atoms. The van der Waals surface area contributed by atoms with Gasteiger partial charge >= 0.3 is 0 Å². The predicted octanol–water partition coefficient (Wildman–Crippen LogP) is 3.62. The Morgan fingerprint density at radius 3 is 2.72 bits per heavy atom. The molecule has 1 N–H and O–H groups in total. The van der Waals surface area contributed by atoms with Gasteiger partial charge in [0, 0.05) is 28.8 Å². The second kappa shape index (κ2) is 5.10. The zero-order valence-electron chi connectivity index (χ0n) is 11.8. The fourth-order valence-electron chi connectivity index (χ4n) is 2.98. The average Bonchev–Trinajstić information content (AvgIpc) is 2.32. The summed E-state index contributed by atoms with van der Waals surface area (Å²) >= 11 is 6.24. The van der Waals surface area contributed by atoms with E-state index in [1.165, 1.54) is 17.7 Å². The van der Waals surface area contributed by atoms with E-state index < -0.39 is 0 Å². The van der Waals surface area contributed by atoms with Crippen molar-refractivity contribution in [2.75, 3.05) is 18.5 Å². The van der Waals surface area contributed by atoms with Crippen molar-refractivity contribution in [3.8, 4) is 0 Å². The summed E-state index contributed by atoms with van der Waals surface area (Å²) in [5, 5.41) is 4.27. The molecule has 1 unspecified atom stereocenters. The fraction of sp³-hybridized carbons (Fsp3) is 0.600. The van der Waals surface area contributed by atoms with E-state index in [1.807, 2.05) is 12.1 Å². The lowest BCUT2D eigenvalue weighted by Crippen LogP contribution is -2.54. The lowest BCUT2D eigenvalue weighted by atomic mass is 9.86. The zero-order valence-corrected chi connectivity index (χ0v) is 12.5. The highest BCUT2D eigenvalue weighted by Gasteiger charge is 2.34. The van der Waals surface area contributed by atoms with E-state index in [9.17, 15) is 0 Å². The van der Waals surface area contributed by atoms with E-state index >= 15 is 0 Å². The molecule has 0 radical (unpaired) electrons. The normalized spacial score (nSPS) is 23.2. The lowest BCUT2D eigenvalue weighted by Gasteiger charge is -2.47. The van der Waals surface area contributed by atoms with Gasteiger partial charge in [0.05, 0.1) is 0 Å². The Balaban J connectivity index is 2.31. The Labute approximate surface area is 115 Å². The molecule has 1 atom stereocenters. The minimum Gasteiger partial charge on any atom is -0.366 e. The van der Waals surface area contributed by atoms with Crippen LogP contribution in [0.25, 0.3) is 0 Å². The molecule has 3 heteroatoms. The molecular weight excluding hydrogens is 244 g/mol. The van der Waals surface area contributed by atoms with Crippen LogP contribution in [0.4, 0.5) is 5.69 Å². The van der Waals surface area contributed by atoms with Crippen LogP contribution in [-0.2, 0) is 0 Å². The van der Waals surface area contributed by atoms with Gasteiger partial charge < -0.3 is 10.2 Å². The molecule has 1 fully saturated rings. The topological polar surface area (TPSA) is 15.3 Å². The van der Waals surface area contributed by atoms with Crippen LogP contribution in [0.5, 0.6) is 0 Å². The van der Waals surface area contributed by atoms with Gasteiger partial charge in [-0.15, -0.1) is 0 Å². The minimum absolute atomic E-state index is 0.168. The van der Waals surface area contributed by atoms with Crippen molar-refractivity contribution < 1.29 is 0 Å². The van der Waals surface area contributed by atoms with Crippen LogP contribution in [0.15, 0.2) is 18.2 Å². The SMILES string of the molecule is CNC1CCN(c2cccc(Cl)c2C)C(C)(C)C1. The van der Waals surface area contributed by atoms with E-state index in [2.05, 4.69) is 44.1 Å². The maximum Gasteiger partial charge on any atom is 0.0455 e. The molecule has 1 aliphatic rings. The number of anilines is 1. The third kappa shape index (κ3) is 2.50. The van der Waals surface area contributed by atoms with Gasteiger partial charge in [0.1, 0.15) is 0 Å². The summed E-state index contributed by atoms with van der Waals surface area (Å²) in [6.07, 6.45) is 2.35. The quantitative estimate of drug-likeness (QED) is 0.880. The first kappa shape index (κ1) is 13.7. The van der Waals surface area contributed by atoms with E-state index in [-0.39, 0.29) is 5.54 Å². The zero-order chi connectivity index (χ0) is 13.3. The van der Waals surface area contributed by atoms with Gasteiger partial charge in [0.25, 0.3) is 0 Å². The molecule has 100 valence electrons. The molecule has 1 heterocycles. The van der Waals surface area contributed by atoms with Crippen molar-refractivity contribution in [1.82, 2.24) is 5.32 Å². The Bertz CT molecular complexity index is 429. The summed E-state index contributed by atoms with van der Waals surface area (Å²) < 4.78 is 0. The monoisotopic (exact) mass is 266 g/mol. The average molecular weight is 267 g/mol. The number of hydrogen-bond acceptors (Lipinski definition) is 2. The molecule has 1 saturated heterocycles. The van der Waals surface area contributed by atoms with Gasteiger partial charge in [0.2, 0.25) is 0 Å². The van der Waals surface area contributed by atoms with Crippen LogP contribution in [0, 0.1) is 6.92 Å². The number of hydrogen-bond donors (Lipinski definition) is 1. The van der Waals surface area contributed by atoms with Crippen molar-refractivity contribution in [3.63, 3.8) is 0 Å². The first-order valence-electron chi connectivity index (χ1n) is 6.66. The summed E-state index contributed by atoms with van der Waals surface area (Å²) in [6, 6.07) is 6.82. The Morgan fingerprint density at radius 1 is 1.39 bits per heavy atom. The molecule has 1 aromatic rings. The maximum atomic E-state index is 6.24. The van der Waals surface area contributed by atoms with Gasteiger partial charge in [-0.05, 0) is 58.4 Å². The number of halogens is 1. The third-order valence-corrected chi connectivity index (χ3v) is 4.53. The Hall–Kier alpha value is -0.730. The van der Waals surface area contributed by atoms with Crippen molar-refractivity contribution in [2.24, 2.45) is 0 Å². The fourth-order valence-corrected chi connectivity index (χ4v) is 3.15. The summed E-state index contributed by atoms with van der Waals surface area (Å²) in [6.45, 7) is 7.82. The van der Waals surface area contributed by atoms with E-state index in [4.69, 9.17) is 11.6 Å². The predicted molar refractivity (Wildman–Crippen MR) is 79.7 cm³/mol. The first-order chi connectivity index (χ1) is 8.45. The standard InChI is InChI=1S/C15H23ClN2/c1-11-13(16)6-5-7-14(11)18-9-8-12(17-4)10-15(18,2)3/h5-7,12,17H,8-10H2,1-4H3.